The second-order valence-electron chi connectivity index (χ2n) is 7.97. The summed E-state index contributed by atoms with van der Waals surface area (Å²) in [5.74, 6) is 0.807. The molecule has 3 aromatic rings. The Kier molecular flexibility index (Phi) is 7.53. The normalized spacial score (nSPS) is 25.1. The molecule has 2 heterocycles. The number of benzene rings is 2. The summed E-state index contributed by atoms with van der Waals surface area (Å²) in [6.45, 7) is 4.46. The Morgan fingerprint density at radius 2 is 1.85 bits per heavy atom. The van der Waals surface area contributed by atoms with Crippen molar-refractivity contribution in [2.24, 2.45) is 0 Å². The van der Waals surface area contributed by atoms with Crippen LogP contribution in [0.2, 0.25) is 5.02 Å². The molecule has 5 atom stereocenters. The van der Waals surface area contributed by atoms with Crippen LogP contribution in [0.15, 0.2) is 48.7 Å². The maximum atomic E-state index is 10.7. The number of rotatable bonds is 7. The predicted octanol–water partition coefficient (Wildman–Crippen LogP) is 3.69. The summed E-state index contributed by atoms with van der Waals surface area (Å²) in [7, 11) is 0. The van der Waals surface area contributed by atoms with Gasteiger partial charge in [-0.2, -0.15) is 0 Å². The van der Waals surface area contributed by atoms with E-state index >= 15 is 0 Å². The highest BCUT2D eigenvalue weighted by Gasteiger charge is 2.44. The van der Waals surface area contributed by atoms with Gasteiger partial charge in [-0.15, -0.1) is 11.3 Å². The second-order valence-corrected chi connectivity index (χ2v) is 9.62. The first-order valence-electron chi connectivity index (χ1n) is 10.7. The minimum absolute atomic E-state index is 0.561. The van der Waals surface area contributed by atoms with Crippen LogP contribution in [0, 0.1) is 6.92 Å². The number of aliphatic hydroxyl groups excluding tert-OH is 3. The lowest BCUT2D eigenvalue weighted by Crippen LogP contribution is -2.56. The molecular weight excluding hydrogens is 464 g/mol. The zero-order valence-electron chi connectivity index (χ0n) is 18.3. The van der Waals surface area contributed by atoms with E-state index in [1.54, 1.807) is 18.3 Å². The van der Waals surface area contributed by atoms with Crippen LogP contribution >= 0.6 is 22.9 Å². The van der Waals surface area contributed by atoms with Crippen molar-refractivity contribution in [3.05, 3.63) is 75.3 Å². The minimum atomic E-state index is -1.40. The number of aryl methyl sites for hydroxylation is 1. The zero-order chi connectivity index (χ0) is 23.5. The van der Waals surface area contributed by atoms with Crippen molar-refractivity contribution < 1.29 is 24.8 Å². The average Bonchev–Trinajstić information content (AvgIpc) is 3.22. The first-order chi connectivity index (χ1) is 15.9. The van der Waals surface area contributed by atoms with Gasteiger partial charge in [0.15, 0.2) is 11.4 Å². The molecule has 176 valence electrons. The third-order valence-corrected chi connectivity index (χ3v) is 6.74. The van der Waals surface area contributed by atoms with Gasteiger partial charge in [0.25, 0.3) is 0 Å². The molecular formula is C24H27ClN2O5S. The quantitative estimate of drug-likeness (QED) is 0.400. The van der Waals surface area contributed by atoms with E-state index in [0.717, 1.165) is 21.8 Å². The van der Waals surface area contributed by atoms with Crippen molar-refractivity contribution in [1.82, 2.24) is 4.98 Å². The molecule has 1 unspecified atom stereocenters. The number of nitrogens with zero attached hydrogens (tertiary/aromatic N) is 1. The molecule has 2 aromatic carbocycles. The fraction of sp³-hybridized carbons (Fsp3) is 0.375. The highest BCUT2D eigenvalue weighted by atomic mass is 35.5. The van der Waals surface area contributed by atoms with E-state index < -0.39 is 30.6 Å². The van der Waals surface area contributed by atoms with Gasteiger partial charge in [0.05, 0.1) is 6.61 Å². The van der Waals surface area contributed by atoms with Gasteiger partial charge >= 0.3 is 0 Å². The van der Waals surface area contributed by atoms with Gasteiger partial charge in [-0.1, -0.05) is 35.9 Å². The molecule has 4 rings (SSSR count). The van der Waals surface area contributed by atoms with E-state index in [9.17, 15) is 15.3 Å². The smallest absolute Gasteiger partial charge is 0.184 e. The predicted molar refractivity (Wildman–Crippen MR) is 128 cm³/mol. The number of halogens is 1. The SMILES string of the molecule is CCOc1ccc(Cc2cc([C@@H]3OC(Nc4ncc(C)s4)[C@@H](O)[C@H](O)[C@H]3O)ccc2Cl)cc1. The van der Waals surface area contributed by atoms with E-state index in [0.29, 0.717) is 28.7 Å². The number of hydrogen-bond acceptors (Lipinski definition) is 8. The molecule has 1 saturated heterocycles. The summed E-state index contributed by atoms with van der Waals surface area (Å²) < 4.78 is 11.5. The molecule has 7 nitrogen and oxygen atoms in total. The van der Waals surface area contributed by atoms with Crippen LogP contribution in [-0.2, 0) is 11.2 Å². The molecule has 4 N–H and O–H groups in total. The molecule has 0 aliphatic carbocycles. The van der Waals surface area contributed by atoms with E-state index in [-0.39, 0.29) is 0 Å². The number of hydrogen-bond donors (Lipinski definition) is 4. The van der Waals surface area contributed by atoms with Gasteiger partial charge in [-0.05, 0) is 55.2 Å². The lowest BCUT2D eigenvalue weighted by molar-refractivity contribution is -0.216. The number of nitrogens with one attached hydrogen (secondary N) is 1. The molecule has 1 aliphatic heterocycles. The molecule has 0 amide bonds. The van der Waals surface area contributed by atoms with E-state index in [1.807, 2.05) is 44.2 Å². The first kappa shape index (κ1) is 23.9. The lowest BCUT2D eigenvalue weighted by atomic mass is 9.91. The van der Waals surface area contributed by atoms with E-state index in [4.69, 9.17) is 21.1 Å². The summed E-state index contributed by atoms with van der Waals surface area (Å²) in [4.78, 5) is 5.22. The third-order valence-electron chi connectivity index (χ3n) is 5.53. The Balaban J connectivity index is 1.55. The number of aromatic nitrogens is 1. The fourth-order valence-corrected chi connectivity index (χ4v) is 4.69. The van der Waals surface area contributed by atoms with Crippen molar-refractivity contribution in [2.45, 2.75) is 50.9 Å². The summed E-state index contributed by atoms with van der Waals surface area (Å²) in [6.07, 6.45) is -3.55. The number of anilines is 1. The maximum absolute atomic E-state index is 10.7. The van der Waals surface area contributed by atoms with Crippen LogP contribution in [0.3, 0.4) is 0 Å². The van der Waals surface area contributed by atoms with Gasteiger partial charge < -0.3 is 30.1 Å². The van der Waals surface area contributed by atoms with Crippen molar-refractivity contribution in [1.29, 1.82) is 0 Å². The van der Waals surface area contributed by atoms with Crippen LogP contribution in [0.1, 0.15) is 34.6 Å². The Hall–Kier alpha value is -2.20. The number of aliphatic hydroxyl groups is 3. The van der Waals surface area contributed by atoms with Gasteiger partial charge in [-0.25, -0.2) is 4.98 Å². The molecule has 0 bridgehead atoms. The van der Waals surface area contributed by atoms with Crippen LogP contribution in [0.4, 0.5) is 5.13 Å². The first-order valence-corrected chi connectivity index (χ1v) is 11.9. The lowest BCUT2D eigenvalue weighted by Gasteiger charge is -2.41. The Morgan fingerprint density at radius 3 is 2.52 bits per heavy atom. The summed E-state index contributed by atoms with van der Waals surface area (Å²) in [5, 5.41) is 35.7. The maximum Gasteiger partial charge on any atom is 0.184 e. The van der Waals surface area contributed by atoms with Gasteiger partial charge in [-0.3, -0.25) is 0 Å². The molecule has 0 spiro atoms. The molecule has 1 fully saturated rings. The molecule has 1 aliphatic rings. The summed E-state index contributed by atoms with van der Waals surface area (Å²) >= 11 is 7.86. The van der Waals surface area contributed by atoms with E-state index in [1.165, 1.54) is 11.3 Å². The average molecular weight is 491 g/mol. The standard InChI is InChI=1S/C24H27ClN2O5S/c1-3-31-17-7-4-14(5-8-17)10-16-11-15(6-9-18(16)25)22-20(29)19(28)21(30)23(32-22)27-24-26-12-13(2)33-24/h4-9,11-12,19-23,28-30H,3,10H2,1-2H3,(H,26,27)/t19-,20-,21+,22+,23?/m1/s1. The van der Waals surface area contributed by atoms with Crippen LogP contribution in [-0.4, -0.2) is 51.5 Å². The monoisotopic (exact) mass is 490 g/mol. The van der Waals surface area contributed by atoms with E-state index in [2.05, 4.69) is 10.3 Å². The summed E-state index contributed by atoms with van der Waals surface area (Å²) in [5.41, 5.74) is 2.56. The Labute approximate surface area is 201 Å². The van der Waals surface area contributed by atoms with Crippen molar-refractivity contribution in [3.8, 4) is 5.75 Å². The number of ether oxygens (including phenoxy) is 2. The molecule has 33 heavy (non-hydrogen) atoms. The third kappa shape index (κ3) is 5.48. The minimum Gasteiger partial charge on any atom is -0.494 e. The molecule has 0 saturated carbocycles. The zero-order valence-corrected chi connectivity index (χ0v) is 19.9. The van der Waals surface area contributed by atoms with Crippen molar-refractivity contribution in [3.63, 3.8) is 0 Å². The largest absolute Gasteiger partial charge is 0.494 e. The van der Waals surface area contributed by atoms with Crippen molar-refractivity contribution >= 4 is 28.1 Å². The van der Waals surface area contributed by atoms with Gasteiger partial charge in [0.1, 0.15) is 30.2 Å². The molecule has 1 aromatic heterocycles. The highest BCUT2D eigenvalue weighted by molar-refractivity contribution is 7.15. The Morgan fingerprint density at radius 1 is 1.09 bits per heavy atom. The molecule has 0 radical (unpaired) electrons. The Bertz CT molecular complexity index is 1080. The van der Waals surface area contributed by atoms with Crippen LogP contribution < -0.4 is 10.1 Å². The number of thiazole rings is 1. The van der Waals surface area contributed by atoms with Gasteiger partial charge in [0, 0.05) is 16.1 Å². The second kappa shape index (κ2) is 10.4. The highest BCUT2D eigenvalue weighted by Crippen LogP contribution is 2.35. The summed E-state index contributed by atoms with van der Waals surface area (Å²) in [6, 6.07) is 13.2. The molecule has 9 heteroatoms. The van der Waals surface area contributed by atoms with Crippen molar-refractivity contribution in [2.75, 3.05) is 11.9 Å². The van der Waals surface area contributed by atoms with Gasteiger partial charge in [0.2, 0.25) is 0 Å². The van der Waals surface area contributed by atoms with Crippen LogP contribution in [0.25, 0.3) is 0 Å². The fourth-order valence-electron chi connectivity index (χ4n) is 3.81. The topological polar surface area (TPSA) is 104 Å². The van der Waals surface area contributed by atoms with Crippen LogP contribution in [0.5, 0.6) is 5.75 Å².